The number of nitrogens with one attached hydrogen (secondary N) is 2. The molecule has 0 radical (unpaired) electrons. The van der Waals surface area contributed by atoms with E-state index in [1.165, 1.54) is 16.0 Å². The number of ketones is 2. The number of likely N-dealkylation sites (tertiary alicyclic amines) is 2. The minimum atomic E-state index is -0.814. The number of piperazine rings is 1. The summed E-state index contributed by atoms with van der Waals surface area (Å²) >= 11 is 0. The quantitative estimate of drug-likeness (QED) is 0.509. The van der Waals surface area contributed by atoms with Crippen molar-refractivity contribution in [3.63, 3.8) is 0 Å². The van der Waals surface area contributed by atoms with E-state index in [1.54, 1.807) is 18.2 Å². The van der Waals surface area contributed by atoms with Gasteiger partial charge in [0, 0.05) is 56.6 Å². The summed E-state index contributed by atoms with van der Waals surface area (Å²) < 4.78 is 0. The zero-order chi connectivity index (χ0) is 28.4. The fraction of sp³-hybridized carbons (Fsp3) is 0.517. The molecule has 3 amide bonds. The fourth-order valence-electron chi connectivity index (χ4n) is 5.99. The number of anilines is 1. The number of Topliss-reactive ketones (excluding diaryl/α,β-unsaturated/α-hetero) is 2. The number of hydrogen-bond donors (Lipinski definition) is 2. The van der Waals surface area contributed by atoms with Crippen molar-refractivity contribution in [2.45, 2.75) is 51.2 Å². The number of rotatable bonds is 7. The van der Waals surface area contributed by atoms with E-state index < -0.39 is 24.0 Å². The minimum absolute atomic E-state index is 0.0973. The predicted molar refractivity (Wildman–Crippen MR) is 149 cm³/mol. The molecule has 0 spiro atoms. The Hall–Kier alpha value is -3.86. The molecule has 2 N–H and O–H groups in total. The molecule has 5 rings (SSSR count). The fourth-order valence-corrected chi connectivity index (χ4v) is 5.99. The molecule has 1 aromatic carbocycles. The second-order valence-electron chi connectivity index (χ2n) is 11.2. The number of allylic oxidation sites excluding steroid dienone is 1. The van der Waals surface area contributed by atoms with E-state index in [-0.39, 0.29) is 54.5 Å². The second kappa shape index (κ2) is 11.7. The van der Waals surface area contributed by atoms with Crippen LogP contribution in [0.2, 0.25) is 0 Å². The normalized spacial score (nSPS) is 23.4. The third-order valence-corrected chi connectivity index (χ3v) is 7.97. The lowest BCUT2D eigenvalue weighted by molar-refractivity contribution is -0.138. The van der Waals surface area contributed by atoms with Gasteiger partial charge >= 0.3 is 0 Å². The highest BCUT2D eigenvalue weighted by atomic mass is 16.2. The topological polar surface area (TPSA) is 131 Å². The Kier molecular flexibility index (Phi) is 8.11. The lowest BCUT2D eigenvalue weighted by atomic mass is 10.0. The van der Waals surface area contributed by atoms with Crippen LogP contribution in [0.1, 0.15) is 43.5 Å². The molecular formula is C29H36N6O5. The Labute approximate surface area is 233 Å². The van der Waals surface area contributed by atoms with Gasteiger partial charge in [0.2, 0.25) is 5.91 Å². The van der Waals surface area contributed by atoms with Crippen LogP contribution < -0.4 is 15.5 Å². The number of carbonyl (C=O) groups is 5. The summed E-state index contributed by atoms with van der Waals surface area (Å²) in [6.07, 6.45) is 3.93. The van der Waals surface area contributed by atoms with Gasteiger partial charge in [-0.05, 0) is 43.0 Å². The van der Waals surface area contributed by atoms with Crippen LogP contribution in [0, 0.1) is 5.92 Å². The van der Waals surface area contributed by atoms with E-state index in [0.29, 0.717) is 18.4 Å². The van der Waals surface area contributed by atoms with E-state index in [4.69, 9.17) is 0 Å². The van der Waals surface area contributed by atoms with Gasteiger partial charge < -0.3 is 25.3 Å². The summed E-state index contributed by atoms with van der Waals surface area (Å²) in [5.74, 6) is -1.76. The number of hydrogen-bond acceptors (Lipinski definition) is 8. The Balaban J connectivity index is 1.28. The third kappa shape index (κ3) is 5.56. The first-order chi connectivity index (χ1) is 19.2. The summed E-state index contributed by atoms with van der Waals surface area (Å²) in [4.78, 5) is 74.5. The van der Waals surface area contributed by atoms with Crippen LogP contribution in [0.25, 0.3) is 0 Å². The average Bonchev–Trinajstić information content (AvgIpc) is 3.54. The first-order valence-electron chi connectivity index (χ1n) is 14.0. The first kappa shape index (κ1) is 27.7. The molecule has 11 heteroatoms. The van der Waals surface area contributed by atoms with Crippen LogP contribution in [0.3, 0.4) is 0 Å². The Morgan fingerprint density at radius 2 is 1.77 bits per heavy atom. The molecule has 0 saturated carbocycles. The highest BCUT2D eigenvalue weighted by molar-refractivity contribution is 6.66. The van der Waals surface area contributed by atoms with Crippen LogP contribution in [-0.2, 0) is 19.2 Å². The monoisotopic (exact) mass is 548 g/mol. The van der Waals surface area contributed by atoms with Crippen LogP contribution >= 0.6 is 0 Å². The molecule has 3 atom stereocenters. The van der Waals surface area contributed by atoms with Gasteiger partial charge in [-0.3, -0.25) is 24.0 Å². The van der Waals surface area contributed by atoms with Gasteiger partial charge in [-0.1, -0.05) is 19.9 Å². The van der Waals surface area contributed by atoms with Crippen LogP contribution in [0.4, 0.5) is 5.69 Å². The predicted octanol–water partition coefficient (Wildman–Crippen LogP) is 0.549. The number of nitrogens with zero attached hydrogens (tertiary/aromatic N) is 4. The number of aliphatic imine (C=N–C) groups is 1. The van der Waals surface area contributed by atoms with Crippen molar-refractivity contribution < 1.29 is 24.0 Å². The molecule has 3 unspecified atom stereocenters. The van der Waals surface area contributed by atoms with E-state index in [2.05, 4.69) is 20.5 Å². The van der Waals surface area contributed by atoms with Crippen LogP contribution in [0.5, 0.6) is 0 Å². The van der Waals surface area contributed by atoms with Gasteiger partial charge in [-0.15, -0.1) is 0 Å². The Morgan fingerprint density at radius 1 is 1.05 bits per heavy atom. The van der Waals surface area contributed by atoms with Gasteiger partial charge in [-0.2, -0.15) is 0 Å². The Morgan fingerprint density at radius 3 is 2.45 bits per heavy atom. The molecule has 40 heavy (non-hydrogen) atoms. The van der Waals surface area contributed by atoms with Crippen molar-refractivity contribution in [2.75, 3.05) is 44.2 Å². The maximum absolute atomic E-state index is 13.8. The van der Waals surface area contributed by atoms with Crippen LogP contribution in [-0.4, -0.2) is 102 Å². The highest BCUT2D eigenvalue weighted by Gasteiger charge is 2.53. The zero-order valence-corrected chi connectivity index (χ0v) is 23.0. The van der Waals surface area contributed by atoms with Crippen molar-refractivity contribution in [3.8, 4) is 0 Å². The lowest BCUT2D eigenvalue weighted by Crippen LogP contribution is -2.53. The summed E-state index contributed by atoms with van der Waals surface area (Å²) in [6, 6.07) is 5.25. The number of amides is 3. The number of fused-ring (bicyclic) bond motifs is 1. The van der Waals surface area contributed by atoms with E-state index in [1.807, 2.05) is 26.0 Å². The molecule has 0 aromatic heterocycles. The molecular weight excluding hydrogens is 512 g/mol. The third-order valence-electron chi connectivity index (χ3n) is 7.97. The van der Waals surface area contributed by atoms with Crippen molar-refractivity contribution in [3.05, 3.63) is 42.1 Å². The maximum atomic E-state index is 13.8. The Bertz CT molecular complexity index is 1250. The van der Waals surface area contributed by atoms with Gasteiger partial charge in [0.15, 0.2) is 17.3 Å². The number of carbonyl (C=O) groups excluding carboxylic acids is 5. The van der Waals surface area contributed by atoms with Crippen molar-refractivity contribution in [2.24, 2.45) is 10.9 Å². The molecule has 4 aliphatic rings. The molecule has 0 aliphatic carbocycles. The van der Waals surface area contributed by atoms with Gasteiger partial charge in [-0.25, -0.2) is 4.99 Å². The number of benzene rings is 1. The molecule has 212 valence electrons. The second-order valence-corrected chi connectivity index (χ2v) is 11.2. The molecule has 4 heterocycles. The van der Waals surface area contributed by atoms with Crippen molar-refractivity contribution in [1.82, 2.24) is 20.4 Å². The maximum Gasteiger partial charge on any atom is 0.276 e. The SMILES string of the molecule is CC(C)CC(NC(=O)c1ccc(N2CCNCC2)cc1)C(=O)N1CCC2C1C(=O)CN2C(=O)C1=NC=CCC1=O. The van der Waals surface area contributed by atoms with Crippen molar-refractivity contribution in [1.29, 1.82) is 0 Å². The summed E-state index contributed by atoms with van der Waals surface area (Å²) in [5.41, 5.74) is 1.33. The van der Waals surface area contributed by atoms with Gasteiger partial charge in [0.05, 0.1) is 12.6 Å². The average molecular weight is 549 g/mol. The van der Waals surface area contributed by atoms with E-state index in [0.717, 1.165) is 31.9 Å². The molecule has 1 aromatic rings. The highest BCUT2D eigenvalue weighted by Crippen LogP contribution is 2.31. The van der Waals surface area contributed by atoms with E-state index >= 15 is 0 Å². The zero-order valence-electron chi connectivity index (χ0n) is 23.0. The summed E-state index contributed by atoms with van der Waals surface area (Å²) in [6.45, 7) is 7.69. The molecule has 4 aliphatic heterocycles. The smallest absolute Gasteiger partial charge is 0.276 e. The van der Waals surface area contributed by atoms with Gasteiger partial charge in [0.1, 0.15) is 12.1 Å². The first-order valence-corrected chi connectivity index (χ1v) is 14.0. The summed E-state index contributed by atoms with van der Waals surface area (Å²) in [5, 5.41) is 6.23. The standard InChI is InChI=1S/C29H36N6O5/c1-18(2)16-21(32-27(38)19-5-7-20(8-6-19)33-14-11-30-12-15-33)28(39)34-13-9-22-26(34)24(37)17-35(22)29(40)25-23(36)4-3-10-31-25/h3,5-8,10,18,21-22,26,30H,4,9,11-17H2,1-2H3,(H,32,38). The van der Waals surface area contributed by atoms with E-state index in [9.17, 15) is 24.0 Å². The molecule has 3 fully saturated rings. The van der Waals surface area contributed by atoms with Crippen LogP contribution in [0.15, 0.2) is 41.5 Å². The molecule has 0 bridgehead atoms. The summed E-state index contributed by atoms with van der Waals surface area (Å²) in [7, 11) is 0. The largest absolute Gasteiger partial charge is 0.369 e. The lowest BCUT2D eigenvalue weighted by Gasteiger charge is -2.30. The van der Waals surface area contributed by atoms with Crippen molar-refractivity contribution >= 4 is 40.7 Å². The van der Waals surface area contributed by atoms with Gasteiger partial charge in [0.25, 0.3) is 11.8 Å². The molecule has 11 nitrogen and oxygen atoms in total. The molecule has 3 saturated heterocycles. The minimum Gasteiger partial charge on any atom is -0.369 e.